The Balaban J connectivity index is 1.37. The molecule has 2 heterocycles. The van der Waals surface area contributed by atoms with Crippen LogP contribution in [0.15, 0.2) is 30.3 Å². The minimum atomic E-state index is -0.202. The summed E-state index contributed by atoms with van der Waals surface area (Å²) in [5.74, 6) is -0.202. The van der Waals surface area contributed by atoms with Gasteiger partial charge in [-0.3, -0.25) is 0 Å². The van der Waals surface area contributed by atoms with Gasteiger partial charge in [-0.2, -0.15) is 0 Å². The van der Waals surface area contributed by atoms with Crippen molar-refractivity contribution < 1.29 is 19.0 Å². The first kappa shape index (κ1) is 16.0. The molecule has 120 valence electrons. The van der Waals surface area contributed by atoms with E-state index in [9.17, 15) is 4.79 Å². The topological polar surface area (TPSA) is 44.8 Å². The Morgan fingerprint density at radius 2 is 1.86 bits per heavy atom. The summed E-state index contributed by atoms with van der Waals surface area (Å²) in [5, 5.41) is 1.20. The second-order valence-electron chi connectivity index (χ2n) is 5.79. The van der Waals surface area contributed by atoms with Crippen molar-refractivity contribution >= 4 is 25.4 Å². The second-order valence-corrected chi connectivity index (χ2v) is 8.25. The van der Waals surface area contributed by atoms with Crippen LogP contribution in [0.1, 0.15) is 25.7 Å². The molecule has 0 aromatic heterocycles. The first-order chi connectivity index (χ1) is 10.7. The summed E-state index contributed by atoms with van der Waals surface area (Å²) in [6, 6.07) is 10.7. The molecular weight excluding hydrogens is 347 g/mol. The van der Waals surface area contributed by atoms with E-state index in [1.54, 1.807) is 0 Å². The van der Waals surface area contributed by atoms with Crippen molar-refractivity contribution in [2.75, 3.05) is 7.11 Å². The molecule has 2 aliphatic rings. The molecule has 0 radical (unpaired) electrons. The molecule has 1 aromatic carbocycles. The number of rotatable bonds is 6. The van der Waals surface area contributed by atoms with Gasteiger partial charge < -0.3 is 0 Å². The van der Waals surface area contributed by atoms with Crippen LogP contribution >= 0.6 is 0 Å². The van der Waals surface area contributed by atoms with Crippen LogP contribution in [0.5, 0.6) is 0 Å². The SMILES string of the molecule is COC(=O)C[C@@H]1C[C@H]2O[C@@H](CC[Se]c3ccccc3)C[C@H]2O1. The molecule has 0 saturated carbocycles. The van der Waals surface area contributed by atoms with Crippen LogP contribution in [0.4, 0.5) is 0 Å². The van der Waals surface area contributed by atoms with Gasteiger partial charge in [0.2, 0.25) is 0 Å². The van der Waals surface area contributed by atoms with Gasteiger partial charge in [-0.05, 0) is 0 Å². The fraction of sp³-hybridized carbons (Fsp3) is 0.588. The van der Waals surface area contributed by atoms with Gasteiger partial charge in [-0.25, -0.2) is 0 Å². The Morgan fingerprint density at radius 1 is 1.18 bits per heavy atom. The number of hydrogen-bond donors (Lipinski definition) is 0. The number of methoxy groups -OCH3 is 1. The van der Waals surface area contributed by atoms with E-state index in [0.717, 1.165) is 19.3 Å². The number of ether oxygens (including phenoxy) is 3. The zero-order valence-corrected chi connectivity index (χ0v) is 14.5. The van der Waals surface area contributed by atoms with E-state index in [1.165, 1.54) is 16.9 Å². The van der Waals surface area contributed by atoms with E-state index in [0.29, 0.717) is 27.5 Å². The summed E-state index contributed by atoms with van der Waals surface area (Å²) in [7, 11) is 1.42. The van der Waals surface area contributed by atoms with Crippen molar-refractivity contribution in [1.29, 1.82) is 0 Å². The van der Waals surface area contributed by atoms with E-state index in [4.69, 9.17) is 14.2 Å². The number of fused-ring (bicyclic) bond motifs is 1. The van der Waals surface area contributed by atoms with E-state index in [-0.39, 0.29) is 24.3 Å². The van der Waals surface area contributed by atoms with Crippen LogP contribution in [0.25, 0.3) is 0 Å². The quantitative estimate of drug-likeness (QED) is 0.566. The Labute approximate surface area is 137 Å². The maximum absolute atomic E-state index is 11.3. The van der Waals surface area contributed by atoms with Gasteiger partial charge in [-0.15, -0.1) is 0 Å². The molecular formula is C17H22O4Se. The molecule has 0 N–H and O–H groups in total. The van der Waals surface area contributed by atoms with Crippen molar-refractivity contribution in [2.45, 2.75) is 55.4 Å². The van der Waals surface area contributed by atoms with Gasteiger partial charge in [-0.1, -0.05) is 0 Å². The maximum atomic E-state index is 11.3. The Morgan fingerprint density at radius 3 is 2.59 bits per heavy atom. The van der Waals surface area contributed by atoms with Crippen LogP contribution < -0.4 is 4.46 Å². The standard InChI is InChI=1S/C17H22O4Se/c1-19-17(18)11-13-10-16-15(21-13)9-12(20-16)7-8-22-14-5-3-2-4-6-14/h2-6,12-13,15-16H,7-11H2,1H3/t12-,13-,15+,16+/m0/s1. The molecule has 0 aliphatic carbocycles. The number of hydrogen-bond acceptors (Lipinski definition) is 4. The number of carbonyl (C=O) groups is 1. The molecule has 5 heteroatoms. The Hall–Kier alpha value is -0.871. The third kappa shape index (κ3) is 4.11. The van der Waals surface area contributed by atoms with Crippen molar-refractivity contribution in [2.24, 2.45) is 0 Å². The van der Waals surface area contributed by atoms with Crippen LogP contribution in [-0.4, -0.2) is 52.5 Å². The fourth-order valence-corrected chi connectivity index (χ4v) is 5.15. The third-order valence-electron chi connectivity index (χ3n) is 4.21. The van der Waals surface area contributed by atoms with Gasteiger partial charge in [0.15, 0.2) is 0 Å². The molecule has 3 rings (SSSR count). The zero-order chi connectivity index (χ0) is 15.4. The van der Waals surface area contributed by atoms with Gasteiger partial charge in [0, 0.05) is 0 Å². The van der Waals surface area contributed by atoms with E-state index < -0.39 is 0 Å². The summed E-state index contributed by atoms with van der Waals surface area (Å²) in [4.78, 5) is 11.3. The average molecular weight is 369 g/mol. The zero-order valence-electron chi connectivity index (χ0n) is 12.8. The van der Waals surface area contributed by atoms with Crippen molar-refractivity contribution in [3.05, 3.63) is 30.3 Å². The third-order valence-corrected chi connectivity index (χ3v) is 6.41. The average Bonchev–Trinajstić information content (AvgIpc) is 3.06. The predicted octanol–water partition coefficient (Wildman–Crippen LogP) is 1.70. The van der Waals surface area contributed by atoms with Gasteiger partial charge in [0.1, 0.15) is 0 Å². The molecule has 4 atom stereocenters. The van der Waals surface area contributed by atoms with Gasteiger partial charge in [0.25, 0.3) is 0 Å². The molecule has 1 aromatic rings. The first-order valence-corrected chi connectivity index (χ1v) is 9.87. The summed E-state index contributed by atoms with van der Waals surface area (Å²) in [6.07, 6.45) is 3.86. The van der Waals surface area contributed by atoms with E-state index in [2.05, 4.69) is 30.3 Å². The number of benzene rings is 1. The molecule has 4 nitrogen and oxygen atoms in total. The molecule has 0 spiro atoms. The molecule has 0 amide bonds. The van der Waals surface area contributed by atoms with E-state index >= 15 is 0 Å². The summed E-state index contributed by atoms with van der Waals surface area (Å²) in [6.45, 7) is 0. The molecule has 2 aliphatic heterocycles. The fourth-order valence-electron chi connectivity index (χ4n) is 3.13. The molecule has 22 heavy (non-hydrogen) atoms. The summed E-state index contributed by atoms with van der Waals surface area (Å²) in [5.41, 5.74) is 0. The van der Waals surface area contributed by atoms with Crippen LogP contribution in [-0.2, 0) is 19.0 Å². The second kappa shape index (κ2) is 7.60. The predicted molar refractivity (Wildman–Crippen MR) is 84.4 cm³/mol. The minimum absolute atomic E-state index is 0.0306. The Bertz CT molecular complexity index is 479. The van der Waals surface area contributed by atoms with Crippen molar-refractivity contribution in [3.63, 3.8) is 0 Å². The number of carbonyl (C=O) groups excluding carboxylic acids is 1. The molecule has 0 unspecified atom stereocenters. The van der Waals surface area contributed by atoms with Gasteiger partial charge in [0.05, 0.1) is 0 Å². The van der Waals surface area contributed by atoms with Crippen LogP contribution in [0.3, 0.4) is 0 Å². The van der Waals surface area contributed by atoms with Crippen molar-refractivity contribution in [1.82, 2.24) is 0 Å². The van der Waals surface area contributed by atoms with Crippen molar-refractivity contribution in [3.8, 4) is 0 Å². The Kier molecular flexibility index (Phi) is 5.53. The normalized spacial score (nSPS) is 30.2. The molecule has 0 bridgehead atoms. The van der Waals surface area contributed by atoms with Crippen LogP contribution in [0, 0.1) is 0 Å². The van der Waals surface area contributed by atoms with Crippen LogP contribution in [0.2, 0.25) is 5.32 Å². The number of esters is 1. The molecule has 2 fully saturated rings. The van der Waals surface area contributed by atoms with Gasteiger partial charge >= 0.3 is 137 Å². The summed E-state index contributed by atoms with van der Waals surface area (Å²) >= 11 is 0.524. The molecule has 2 saturated heterocycles. The van der Waals surface area contributed by atoms with E-state index in [1.807, 2.05) is 0 Å². The monoisotopic (exact) mass is 370 g/mol. The summed E-state index contributed by atoms with van der Waals surface area (Å²) < 4.78 is 18.2. The first-order valence-electron chi connectivity index (χ1n) is 7.80.